The normalized spacial score (nSPS) is 14.8. The first-order valence-electron chi connectivity index (χ1n) is 11.7. The number of rotatable bonds is 9. The number of amides is 2. The number of thiazole rings is 1. The highest BCUT2D eigenvalue weighted by atomic mass is 32.1. The second-order valence-corrected chi connectivity index (χ2v) is 9.48. The van der Waals surface area contributed by atoms with Crippen molar-refractivity contribution in [2.45, 2.75) is 13.0 Å². The number of aromatic nitrogens is 1. The molecule has 9 nitrogen and oxygen atoms in total. The van der Waals surface area contributed by atoms with E-state index in [9.17, 15) is 9.59 Å². The van der Waals surface area contributed by atoms with Crippen molar-refractivity contribution in [1.82, 2.24) is 14.8 Å². The van der Waals surface area contributed by atoms with E-state index in [-0.39, 0.29) is 17.9 Å². The molecule has 2 heterocycles. The molecule has 1 aromatic heterocycles. The van der Waals surface area contributed by atoms with Crippen LogP contribution in [0.3, 0.4) is 0 Å². The highest BCUT2D eigenvalue weighted by Crippen LogP contribution is 2.29. The molecule has 2 amide bonds. The maximum absolute atomic E-state index is 12.8. The molecule has 3 aromatic rings. The maximum Gasteiger partial charge on any atom is 0.257 e. The van der Waals surface area contributed by atoms with Crippen LogP contribution in [0.25, 0.3) is 0 Å². The number of carbonyl (C=O) groups is 2. The van der Waals surface area contributed by atoms with E-state index in [1.165, 1.54) is 11.3 Å². The van der Waals surface area contributed by atoms with Crippen molar-refractivity contribution in [3.05, 3.63) is 65.2 Å². The first-order chi connectivity index (χ1) is 17.4. The molecule has 0 radical (unpaired) electrons. The van der Waals surface area contributed by atoms with Crippen LogP contribution in [0.4, 0.5) is 5.13 Å². The summed E-state index contributed by atoms with van der Waals surface area (Å²) in [6.07, 6.45) is 1.40. The standard InChI is InChI=1S/C26H30N4O5S/c1-18(17-33-3)34-22-14-20(24(31)28-26-27-8-13-36-26)15-23(16-22)35-21-6-4-19(5-7-21)25(32)30-11-9-29(2)10-12-30/h4-8,13-16,18H,9-12,17H2,1-3H3,(H,27,28,31)/t18-/m0/s1. The lowest BCUT2D eigenvalue weighted by Crippen LogP contribution is -2.47. The number of nitrogens with one attached hydrogen (secondary N) is 1. The van der Waals surface area contributed by atoms with Gasteiger partial charge in [-0.25, -0.2) is 4.98 Å². The molecule has 190 valence electrons. The van der Waals surface area contributed by atoms with E-state index < -0.39 is 0 Å². The summed E-state index contributed by atoms with van der Waals surface area (Å²) in [4.78, 5) is 33.8. The van der Waals surface area contributed by atoms with Gasteiger partial charge in [-0.15, -0.1) is 11.3 Å². The van der Waals surface area contributed by atoms with Crippen LogP contribution in [0.15, 0.2) is 54.0 Å². The Morgan fingerprint density at radius 3 is 2.42 bits per heavy atom. The summed E-state index contributed by atoms with van der Waals surface area (Å²) < 4.78 is 17.1. The van der Waals surface area contributed by atoms with E-state index in [0.717, 1.165) is 13.1 Å². The average molecular weight is 511 g/mol. The zero-order valence-corrected chi connectivity index (χ0v) is 21.4. The van der Waals surface area contributed by atoms with Crippen molar-refractivity contribution in [1.29, 1.82) is 0 Å². The number of piperazine rings is 1. The van der Waals surface area contributed by atoms with Crippen LogP contribution in [0.1, 0.15) is 27.6 Å². The number of hydrogen-bond donors (Lipinski definition) is 1. The van der Waals surface area contributed by atoms with Crippen LogP contribution in [0.2, 0.25) is 0 Å². The van der Waals surface area contributed by atoms with Crippen molar-refractivity contribution < 1.29 is 23.8 Å². The fourth-order valence-electron chi connectivity index (χ4n) is 3.78. The van der Waals surface area contributed by atoms with E-state index in [1.54, 1.807) is 61.2 Å². The zero-order chi connectivity index (χ0) is 25.5. The van der Waals surface area contributed by atoms with Gasteiger partial charge in [-0.2, -0.15) is 0 Å². The lowest BCUT2D eigenvalue weighted by molar-refractivity contribution is 0.0664. The summed E-state index contributed by atoms with van der Waals surface area (Å²) in [5.41, 5.74) is 0.977. The smallest absolute Gasteiger partial charge is 0.257 e. The van der Waals surface area contributed by atoms with Crippen LogP contribution in [-0.2, 0) is 4.74 Å². The maximum atomic E-state index is 12.8. The molecule has 1 N–H and O–H groups in total. The zero-order valence-electron chi connectivity index (χ0n) is 20.6. The van der Waals surface area contributed by atoms with Crippen molar-refractivity contribution in [3.63, 3.8) is 0 Å². The number of likely N-dealkylation sites (N-methyl/N-ethyl adjacent to an activating group) is 1. The van der Waals surface area contributed by atoms with Gasteiger partial charge in [0.1, 0.15) is 23.4 Å². The van der Waals surface area contributed by atoms with Gasteiger partial charge in [0.15, 0.2) is 5.13 Å². The van der Waals surface area contributed by atoms with Crippen molar-refractivity contribution in [2.24, 2.45) is 0 Å². The minimum Gasteiger partial charge on any atom is -0.488 e. The molecule has 0 aliphatic carbocycles. The molecule has 0 saturated carbocycles. The SMILES string of the molecule is COC[C@H](C)Oc1cc(Oc2ccc(C(=O)N3CCN(C)CC3)cc2)cc(C(=O)Nc2nccs2)c1. The van der Waals surface area contributed by atoms with Gasteiger partial charge in [0.25, 0.3) is 11.8 Å². The molecule has 0 spiro atoms. The molecule has 0 bridgehead atoms. The van der Waals surface area contributed by atoms with Crippen LogP contribution < -0.4 is 14.8 Å². The Morgan fingerprint density at radius 2 is 1.75 bits per heavy atom. The molecule has 1 saturated heterocycles. The lowest BCUT2D eigenvalue weighted by atomic mass is 10.1. The van der Waals surface area contributed by atoms with Crippen molar-refractivity contribution in [3.8, 4) is 17.2 Å². The largest absolute Gasteiger partial charge is 0.488 e. The molecular weight excluding hydrogens is 480 g/mol. The van der Waals surface area contributed by atoms with Crippen LogP contribution in [0, 0.1) is 0 Å². The van der Waals surface area contributed by atoms with E-state index in [1.807, 2.05) is 11.8 Å². The molecule has 36 heavy (non-hydrogen) atoms. The van der Waals surface area contributed by atoms with E-state index in [2.05, 4.69) is 22.2 Å². The van der Waals surface area contributed by atoms with Gasteiger partial charge < -0.3 is 24.0 Å². The van der Waals surface area contributed by atoms with Gasteiger partial charge in [0.2, 0.25) is 0 Å². The Bertz CT molecular complexity index is 1160. The Balaban J connectivity index is 1.50. The summed E-state index contributed by atoms with van der Waals surface area (Å²) in [7, 11) is 3.66. The highest BCUT2D eigenvalue weighted by Gasteiger charge is 2.20. The first kappa shape index (κ1) is 25.6. The number of nitrogens with zero attached hydrogens (tertiary/aromatic N) is 3. The topological polar surface area (TPSA) is 93.2 Å². The lowest BCUT2D eigenvalue weighted by Gasteiger charge is -2.32. The van der Waals surface area contributed by atoms with Crippen LogP contribution in [-0.4, -0.2) is 79.6 Å². The average Bonchev–Trinajstić information content (AvgIpc) is 3.37. The van der Waals surface area contributed by atoms with E-state index in [0.29, 0.717) is 53.2 Å². The minimum atomic E-state index is -0.326. The molecule has 4 rings (SSSR count). The minimum absolute atomic E-state index is 0.0123. The second kappa shape index (κ2) is 12.0. The predicted molar refractivity (Wildman–Crippen MR) is 138 cm³/mol. The molecule has 0 unspecified atom stereocenters. The molecule has 2 aromatic carbocycles. The molecule has 1 aliphatic rings. The number of methoxy groups -OCH3 is 1. The third kappa shape index (κ3) is 6.81. The van der Waals surface area contributed by atoms with Crippen molar-refractivity contribution in [2.75, 3.05) is 52.3 Å². The molecule has 1 fully saturated rings. The Labute approximate surface area is 214 Å². The van der Waals surface area contributed by atoms with Gasteiger partial charge in [-0.3, -0.25) is 14.9 Å². The second-order valence-electron chi connectivity index (χ2n) is 8.59. The van der Waals surface area contributed by atoms with Gasteiger partial charge >= 0.3 is 0 Å². The third-order valence-electron chi connectivity index (χ3n) is 5.66. The first-order valence-corrected chi connectivity index (χ1v) is 12.6. The molecule has 10 heteroatoms. The summed E-state index contributed by atoms with van der Waals surface area (Å²) in [6, 6.07) is 12.0. The number of ether oxygens (including phenoxy) is 3. The van der Waals surface area contributed by atoms with E-state index in [4.69, 9.17) is 14.2 Å². The Kier molecular flexibility index (Phi) is 8.52. The Morgan fingerprint density at radius 1 is 1.03 bits per heavy atom. The van der Waals surface area contributed by atoms with Crippen LogP contribution >= 0.6 is 11.3 Å². The Hall–Kier alpha value is -3.47. The molecule has 1 aliphatic heterocycles. The number of anilines is 1. The summed E-state index contributed by atoms with van der Waals surface area (Å²) in [5, 5.41) is 5.06. The number of benzene rings is 2. The summed E-state index contributed by atoms with van der Waals surface area (Å²) in [6.45, 7) is 5.44. The van der Waals surface area contributed by atoms with Gasteiger partial charge in [0.05, 0.1) is 6.61 Å². The predicted octanol–water partition coefficient (Wildman–Crippen LogP) is 3.99. The molecular formula is C26H30N4O5S. The summed E-state index contributed by atoms with van der Waals surface area (Å²) in [5.74, 6) is 1.13. The van der Waals surface area contributed by atoms with E-state index >= 15 is 0 Å². The summed E-state index contributed by atoms with van der Waals surface area (Å²) >= 11 is 1.33. The molecule has 1 atom stereocenters. The fourth-order valence-corrected chi connectivity index (χ4v) is 4.30. The van der Waals surface area contributed by atoms with Gasteiger partial charge in [-0.1, -0.05) is 0 Å². The highest BCUT2D eigenvalue weighted by molar-refractivity contribution is 7.13. The fraction of sp³-hybridized carbons (Fsp3) is 0.346. The quantitative estimate of drug-likeness (QED) is 0.465. The monoisotopic (exact) mass is 510 g/mol. The van der Waals surface area contributed by atoms with Gasteiger partial charge in [-0.05, 0) is 50.4 Å². The number of carbonyl (C=O) groups excluding carboxylic acids is 2. The number of hydrogen-bond acceptors (Lipinski definition) is 8. The van der Waals surface area contributed by atoms with Crippen LogP contribution in [0.5, 0.6) is 17.2 Å². The third-order valence-corrected chi connectivity index (χ3v) is 6.35. The van der Waals surface area contributed by atoms with Gasteiger partial charge in [0, 0.05) is 62.1 Å². The van der Waals surface area contributed by atoms with Crippen molar-refractivity contribution >= 4 is 28.3 Å².